The minimum absolute atomic E-state index is 0.674. The monoisotopic (exact) mass is 250 g/mol. The zero-order chi connectivity index (χ0) is 11.5. The fourth-order valence-electron chi connectivity index (χ4n) is 1.32. The van der Waals surface area contributed by atoms with E-state index in [1.54, 1.807) is 17.8 Å². The van der Waals surface area contributed by atoms with Crippen molar-refractivity contribution in [2.75, 3.05) is 11.5 Å². The van der Waals surface area contributed by atoms with Crippen LogP contribution in [0.5, 0.6) is 0 Å². The van der Waals surface area contributed by atoms with Crippen LogP contribution in [0.15, 0.2) is 52.3 Å². The minimum atomic E-state index is 0.674. The lowest BCUT2D eigenvalue weighted by Crippen LogP contribution is -1.91. The largest absolute Gasteiger partial charge is 0.399 e. The molecule has 16 heavy (non-hydrogen) atoms. The maximum atomic E-state index is 5.91. The summed E-state index contributed by atoms with van der Waals surface area (Å²) in [6.07, 6.45) is 0. The molecule has 0 aliphatic heterocycles. The van der Waals surface area contributed by atoms with E-state index in [-0.39, 0.29) is 0 Å². The Morgan fingerprint density at radius 1 is 1.00 bits per heavy atom. The number of halogens is 1. The second-order valence-electron chi connectivity index (χ2n) is 3.36. The van der Waals surface area contributed by atoms with Crippen LogP contribution in [0.25, 0.3) is 0 Å². The van der Waals surface area contributed by atoms with E-state index < -0.39 is 0 Å². The molecule has 0 bridgehead atoms. The predicted octanol–water partition coefficient (Wildman–Crippen LogP) is 3.66. The van der Waals surface area contributed by atoms with E-state index in [0.717, 1.165) is 14.8 Å². The van der Waals surface area contributed by atoms with Crippen LogP contribution < -0.4 is 11.5 Å². The number of rotatable bonds is 2. The fraction of sp³-hybridized carbons (Fsp3) is 0. The molecule has 0 radical (unpaired) electrons. The van der Waals surface area contributed by atoms with Gasteiger partial charge in [-0.1, -0.05) is 29.4 Å². The van der Waals surface area contributed by atoms with Gasteiger partial charge in [-0.3, -0.25) is 0 Å². The van der Waals surface area contributed by atoms with Crippen molar-refractivity contribution in [3.05, 3.63) is 47.5 Å². The molecule has 2 aromatic carbocycles. The average Bonchev–Trinajstić information content (AvgIpc) is 2.22. The van der Waals surface area contributed by atoms with E-state index in [9.17, 15) is 0 Å². The molecule has 0 heterocycles. The lowest BCUT2D eigenvalue weighted by molar-refractivity contribution is 1.41. The fourth-order valence-corrected chi connectivity index (χ4v) is 2.47. The minimum Gasteiger partial charge on any atom is -0.399 e. The highest BCUT2D eigenvalue weighted by atomic mass is 35.5. The normalized spacial score (nSPS) is 10.3. The first kappa shape index (κ1) is 11.2. The average molecular weight is 251 g/mol. The van der Waals surface area contributed by atoms with E-state index in [1.807, 2.05) is 36.4 Å². The van der Waals surface area contributed by atoms with E-state index in [4.69, 9.17) is 23.1 Å². The first-order chi connectivity index (χ1) is 7.65. The van der Waals surface area contributed by atoms with Crippen LogP contribution in [0.4, 0.5) is 11.4 Å². The summed E-state index contributed by atoms with van der Waals surface area (Å²) in [5.41, 5.74) is 12.9. The first-order valence-corrected chi connectivity index (χ1v) is 5.93. The van der Waals surface area contributed by atoms with Crippen LogP contribution in [0.3, 0.4) is 0 Å². The van der Waals surface area contributed by atoms with E-state index in [1.165, 1.54) is 0 Å². The van der Waals surface area contributed by atoms with Crippen LogP contribution in [-0.4, -0.2) is 0 Å². The summed E-state index contributed by atoms with van der Waals surface area (Å²) >= 11 is 7.48. The Kier molecular flexibility index (Phi) is 3.27. The van der Waals surface area contributed by atoms with Gasteiger partial charge in [-0.2, -0.15) is 0 Å². The van der Waals surface area contributed by atoms with Gasteiger partial charge < -0.3 is 11.5 Å². The summed E-state index contributed by atoms with van der Waals surface area (Å²) in [4.78, 5) is 2.04. The highest BCUT2D eigenvalue weighted by molar-refractivity contribution is 7.99. The van der Waals surface area contributed by atoms with Crippen LogP contribution >= 0.6 is 23.4 Å². The molecule has 4 N–H and O–H groups in total. The lowest BCUT2D eigenvalue weighted by atomic mass is 10.3. The summed E-state index contributed by atoms with van der Waals surface area (Å²) in [7, 11) is 0. The number of hydrogen-bond donors (Lipinski definition) is 2. The van der Waals surface area contributed by atoms with Crippen molar-refractivity contribution in [3.63, 3.8) is 0 Å². The van der Waals surface area contributed by atoms with Crippen LogP contribution in [0.2, 0.25) is 5.02 Å². The molecule has 0 amide bonds. The molecule has 0 unspecified atom stereocenters. The smallest absolute Gasteiger partial charge is 0.0476 e. The second-order valence-corrected chi connectivity index (χ2v) is 4.91. The molecule has 2 rings (SSSR count). The molecule has 0 fully saturated rings. The Bertz CT molecular complexity index is 514. The molecule has 2 nitrogen and oxygen atoms in total. The van der Waals surface area contributed by atoms with Crippen molar-refractivity contribution in [2.24, 2.45) is 0 Å². The molecular formula is C12H11ClN2S. The van der Waals surface area contributed by atoms with E-state index in [2.05, 4.69) is 0 Å². The van der Waals surface area contributed by atoms with Crippen molar-refractivity contribution in [3.8, 4) is 0 Å². The number of anilines is 2. The molecule has 0 saturated heterocycles. The third kappa shape index (κ3) is 2.62. The molecule has 0 aromatic heterocycles. The zero-order valence-corrected chi connectivity index (χ0v) is 10.1. The lowest BCUT2D eigenvalue weighted by Gasteiger charge is -2.06. The molecule has 0 spiro atoms. The maximum Gasteiger partial charge on any atom is 0.0476 e. The van der Waals surface area contributed by atoms with Gasteiger partial charge >= 0.3 is 0 Å². The molecule has 4 heteroatoms. The second kappa shape index (κ2) is 4.68. The Balaban J connectivity index is 2.27. The summed E-state index contributed by atoms with van der Waals surface area (Å²) in [6, 6.07) is 13.2. The predicted molar refractivity (Wildman–Crippen MR) is 70.8 cm³/mol. The summed E-state index contributed by atoms with van der Waals surface area (Å²) in [5.74, 6) is 0. The van der Waals surface area contributed by atoms with Gasteiger partial charge in [0.15, 0.2) is 0 Å². The molecule has 82 valence electrons. The van der Waals surface area contributed by atoms with Gasteiger partial charge in [0.1, 0.15) is 0 Å². The van der Waals surface area contributed by atoms with Gasteiger partial charge in [-0.05, 0) is 36.4 Å². The van der Waals surface area contributed by atoms with Gasteiger partial charge in [-0.15, -0.1) is 0 Å². The SMILES string of the molecule is Nc1ccc(Sc2cccc(Cl)c2)c(N)c1. The Labute approximate surface area is 104 Å². The van der Waals surface area contributed by atoms with Gasteiger partial charge in [-0.25, -0.2) is 0 Å². The Morgan fingerprint density at radius 3 is 2.50 bits per heavy atom. The number of benzene rings is 2. The Morgan fingerprint density at radius 2 is 1.81 bits per heavy atom. The summed E-state index contributed by atoms with van der Waals surface area (Å²) < 4.78 is 0. The molecule has 0 atom stereocenters. The van der Waals surface area contributed by atoms with Crippen LogP contribution in [0, 0.1) is 0 Å². The van der Waals surface area contributed by atoms with Gasteiger partial charge in [0, 0.05) is 26.2 Å². The van der Waals surface area contributed by atoms with Crippen molar-refractivity contribution in [2.45, 2.75) is 9.79 Å². The molecule has 0 aliphatic carbocycles. The quantitative estimate of drug-likeness (QED) is 0.800. The standard InChI is InChI=1S/C12H11ClN2S/c13-8-2-1-3-10(6-8)16-12-5-4-9(14)7-11(12)15/h1-7H,14-15H2. The van der Waals surface area contributed by atoms with E-state index >= 15 is 0 Å². The molecule has 2 aromatic rings. The first-order valence-electron chi connectivity index (χ1n) is 4.73. The number of hydrogen-bond acceptors (Lipinski definition) is 3. The summed E-state index contributed by atoms with van der Waals surface area (Å²) in [5, 5.41) is 0.721. The van der Waals surface area contributed by atoms with Gasteiger partial charge in [0.25, 0.3) is 0 Å². The third-order valence-electron chi connectivity index (χ3n) is 2.06. The van der Waals surface area contributed by atoms with Crippen molar-refractivity contribution < 1.29 is 0 Å². The molecule has 0 saturated carbocycles. The van der Waals surface area contributed by atoms with Crippen LogP contribution in [-0.2, 0) is 0 Å². The molecular weight excluding hydrogens is 240 g/mol. The highest BCUT2D eigenvalue weighted by Crippen LogP contribution is 2.33. The topological polar surface area (TPSA) is 52.0 Å². The number of nitrogen functional groups attached to an aromatic ring is 2. The highest BCUT2D eigenvalue weighted by Gasteiger charge is 2.02. The van der Waals surface area contributed by atoms with E-state index in [0.29, 0.717) is 11.4 Å². The van der Waals surface area contributed by atoms with Crippen molar-refractivity contribution in [1.29, 1.82) is 0 Å². The van der Waals surface area contributed by atoms with Gasteiger partial charge in [0.2, 0.25) is 0 Å². The summed E-state index contributed by atoms with van der Waals surface area (Å²) in [6.45, 7) is 0. The Hall–Kier alpha value is -1.32. The number of nitrogens with two attached hydrogens (primary N) is 2. The zero-order valence-electron chi connectivity index (χ0n) is 8.48. The van der Waals surface area contributed by atoms with Crippen LogP contribution in [0.1, 0.15) is 0 Å². The third-order valence-corrected chi connectivity index (χ3v) is 3.37. The van der Waals surface area contributed by atoms with Crippen molar-refractivity contribution >= 4 is 34.7 Å². The molecule has 0 aliphatic rings. The maximum absolute atomic E-state index is 5.91. The van der Waals surface area contributed by atoms with Gasteiger partial charge in [0.05, 0.1) is 0 Å². The van der Waals surface area contributed by atoms with Crippen molar-refractivity contribution in [1.82, 2.24) is 0 Å².